The Morgan fingerprint density at radius 1 is 1.04 bits per heavy atom. The van der Waals surface area contributed by atoms with Gasteiger partial charge in [-0.25, -0.2) is 9.59 Å². The van der Waals surface area contributed by atoms with E-state index < -0.39 is 35.5 Å². The fourth-order valence-corrected chi connectivity index (χ4v) is 7.38. The number of alkyl carbamates (subject to hydrolysis) is 1. The molecule has 1 heterocycles. The summed E-state index contributed by atoms with van der Waals surface area (Å²) < 4.78 is 21.6. The molecule has 1 saturated heterocycles. The van der Waals surface area contributed by atoms with Crippen LogP contribution in [0.5, 0.6) is 11.5 Å². The van der Waals surface area contributed by atoms with Gasteiger partial charge in [-0.1, -0.05) is 32.9 Å². The number of hydrogen-bond acceptors (Lipinski definition) is 9. The van der Waals surface area contributed by atoms with E-state index in [0.29, 0.717) is 50.3 Å². The molecule has 1 aromatic carbocycles. The van der Waals surface area contributed by atoms with E-state index in [1.807, 2.05) is 26.0 Å². The summed E-state index contributed by atoms with van der Waals surface area (Å²) in [4.78, 5) is 54.2. The van der Waals surface area contributed by atoms with Crippen LogP contribution in [-0.2, 0) is 25.5 Å². The lowest BCUT2D eigenvalue weighted by atomic mass is 9.84. The number of nitrogens with one attached hydrogen (secondary N) is 3. The molecule has 0 aromatic heterocycles. The van der Waals surface area contributed by atoms with Crippen molar-refractivity contribution in [2.75, 3.05) is 33.9 Å². The minimum Gasteiger partial charge on any atom is -0.497 e. The minimum atomic E-state index is -1.12. The Labute approximate surface area is 303 Å². The monoisotopic (exact) mass is 716 g/mol. The zero-order chi connectivity index (χ0) is 37.8. The van der Waals surface area contributed by atoms with Crippen molar-refractivity contribution in [3.8, 4) is 11.5 Å². The van der Waals surface area contributed by atoms with Crippen molar-refractivity contribution in [2.45, 2.75) is 122 Å². The van der Waals surface area contributed by atoms with Crippen LogP contribution in [0.25, 0.3) is 0 Å². The molecule has 51 heavy (non-hydrogen) atoms. The SMILES string of the molecule is C=CCOC(=O)N1[C@H](CC(=O)NCCc2cc(OC)cc(OC)c2)CC[C@]12CCC[C@@H]2CNC(=O)CC(O)C(CC(C)C)NC(=O)OC(C)(C)C. The fraction of sp³-hybridized carbons (Fsp3) is 0.684. The van der Waals surface area contributed by atoms with Crippen LogP contribution in [0.2, 0.25) is 0 Å². The quantitative estimate of drug-likeness (QED) is 0.165. The summed E-state index contributed by atoms with van der Waals surface area (Å²) in [5.74, 6) is 0.905. The van der Waals surface area contributed by atoms with Gasteiger partial charge in [-0.05, 0) is 88.8 Å². The summed E-state index contributed by atoms with van der Waals surface area (Å²) in [7, 11) is 3.18. The molecule has 1 saturated carbocycles. The molecule has 13 nitrogen and oxygen atoms in total. The summed E-state index contributed by atoms with van der Waals surface area (Å²) in [6.45, 7) is 13.6. The Hall–Kier alpha value is -4.00. The summed E-state index contributed by atoms with van der Waals surface area (Å²) in [5.41, 5.74) is -0.322. The highest BCUT2D eigenvalue weighted by Crippen LogP contribution is 2.50. The highest BCUT2D eigenvalue weighted by Gasteiger charge is 2.56. The molecule has 1 aliphatic heterocycles. The second-order valence-corrected chi connectivity index (χ2v) is 15.1. The van der Waals surface area contributed by atoms with E-state index in [1.165, 1.54) is 6.08 Å². The van der Waals surface area contributed by atoms with Gasteiger partial charge in [0.25, 0.3) is 0 Å². The normalized spacial score (nSPS) is 21.2. The maximum absolute atomic E-state index is 13.6. The average molecular weight is 717 g/mol. The van der Waals surface area contributed by atoms with E-state index in [0.717, 1.165) is 24.8 Å². The van der Waals surface area contributed by atoms with Crippen molar-refractivity contribution in [1.29, 1.82) is 0 Å². The summed E-state index contributed by atoms with van der Waals surface area (Å²) in [6.07, 6.45) is 3.88. The number of hydrogen-bond donors (Lipinski definition) is 4. The third kappa shape index (κ3) is 12.3. The molecule has 5 atom stereocenters. The lowest BCUT2D eigenvalue weighted by Crippen LogP contribution is -2.56. The van der Waals surface area contributed by atoms with Crippen LogP contribution in [0.15, 0.2) is 30.9 Å². The standard InChI is InChI=1S/C38H60N4O9/c1-9-17-50-36(47)42-28(21-33(44)39-16-13-26-19-29(48-7)22-30(20-26)49-8)12-15-38(42)14-10-11-27(38)24-40-34(45)23-32(43)31(18-25(2)3)41-35(46)51-37(4,5)6/h9,19-20,22,25,27-28,31-32,43H,1,10-18,21,23-24H2,2-8H3,(H,39,44)(H,40,45)(H,41,46)/t27-,28+,31?,32?,38+/m1/s1. The lowest BCUT2D eigenvalue weighted by molar-refractivity contribution is -0.124. The number of methoxy groups -OCH3 is 2. The first-order chi connectivity index (χ1) is 24.1. The first-order valence-corrected chi connectivity index (χ1v) is 18.1. The fourth-order valence-electron chi connectivity index (χ4n) is 7.38. The molecule has 2 aliphatic rings. The van der Waals surface area contributed by atoms with Gasteiger partial charge < -0.3 is 40.0 Å². The van der Waals surface area contributed by atoms with Crippen molar-refractivity contribution in [3.05, 3.63) is 36.4 Å². The van der Waals surface area contributed by atoms with Crippen molar-refractivity contribution in [3.63, 3.8) is 0 Å². The Balaban J connectivity index is 1.64. The zero-order valence-corrected chi connectivity index (χ0v) is 31.5. The summed E-state index contributed by atoms with van der Waals surface area (Å²) >= 11 is 0. The van der Waals surface area contributed by atoms with Crippen LogP contribution in [0.3, 0.4) is 0 Å². The molecule has 0 radical (unpaired) electrons. The largest absolute Gasteiger partial charge is 0.497 e. The summed E-state index contributed by atoms with van der Waals surface area (Å²) in [5, 5.41) is 19.7. The van der Waals surface area contributed by atoms with Gasteiger partial charge in [0.05, 0.1) is 38.3 Å². The number of rotatable bonds is 17. The number of aliphatic hydroxyl groups is 1. The second kappa shape index (κ2) is 19.0. The van der Waals surface area contributed by atoms with Crippen LogP contribution in [0.4, 0.5) is 9.59 Å². The smallest absolute Gasteiger partial charge is 0.410 e. The minimum absolute atomic E-state index is 0.0441. The highest BCUT2D eigenvalue weighted by molar-refractivity contribution is 5.79. The lowest BCUT2D eigenvalue weighted by Gasteiger charge is -2.42. The molecular formula is C38H60N4O9. The molecule has 3 rings (SSSR count). The topological polar surface area (TPSA) is 165 Å². The number of ether oxygens (including phenoxy) is 4. The van der Waals surface area contributed by atoms with E-state index >= 15 is 0 Å². The zero-order valence-electron chi connectivity index (χ0n) is 31.5. The molecule has 1 aromatic rings. The van der Waals surface area contributed by atoms with Crippen LogP contribution >= 0.6 is 0 Å². The maximum Gasteiger partial charge on any atom is 0.410 e. The first-order valence-electron chi connectivity index (χ1n) is 18.1. The van der Waals surface area contributed by atoms with Crippen LogP contribution in [-0.4, -0.2) is 97.3 Å². The van der Waals surface area contributed by atoms with Gasteiger partial charge in [0.15, 0.2) is 0 Å². The Bertz CT molecular complexity index is 1320. The second-order valence-electron chi connectivity index (χ2n) is 15.1. The molecule has 2 unspecified atom stereocenters. The number of amides is 4. The maximum atomic E-state index is 13.6. The van der Waals surface area contributed by atoms with E-state index in [4.69, 9.17) is 18.9 Å². The molecule has 286 valence electrons. The van der Waals surface area contributed by atoms with Gasteiger partial charge in [0, 0.05) is 31.6 Å². The Morgan fingerprint density at radius 2 is 1.73 bits per heavy atom. The molecule has 13 heteroatoms. The molecule has 1 aliphatic carbocycles. The van der Waals surface area contributed by atoms with Crippen LogP contribution < -0.4 is 25.4 Å². The molecular weight excluding hydrogens is 656 g/mol. The van der Waals surface area contributed by atoms with Crippen molar-refractivity contribution in [1.82, 2.24) is 20.9 Å². The van der Waals surface area contributed by atoms with Crippen molar-refractivity contribution < 1.29 is 43.2 Å². The first kappa shape index (κ1) is 41.4. The van der Waals surface area contributed by atoms with E-state index in [-0.39, 0.29) is 49.1 Å². The van der Waals surface area contributed by atoms with Crippen LogP contribution in [0.1, 0.15) is 91.5 Å². The molecule has 0 bridgehead atoms. The van der Waals surface area contributed by atoms with Gasteiger partial charge >= 0.3 is 12.2 Å². The number of carbonyl (C=O) groups is 4. The van der Waals surface area contributed by atoms with E-state index in [9.17, 15) is 24.3 Å². The summed E-state index contributed by atoms with van der Waals surface area (Å²) in [6, 6.07) is 4.56. The number of benzene rings is 1. The molecule has 4 amide bonds. The van der Waals surface area contributed by atoms with Gasteiger partial charge in [-0.15, -0.1) is 0 Å². The molecule has 2 fully saturated rings. The van der Waals surface area contributed by atoms with Crippen molar-refractivity contribution >= 4 is 24.0 Å². The molecule has 1 spiro atoms. The number of carbonyl (C=O) groups excluding carboxylic acids is 4. The van der Waals surface area contributed by atoms with Gasteiger partial charge in [-0.3, -0.25) is 14.5 Å². The van der Waals surface area contributed by atoms with E-state index in [1.54, 1.807) is 46.0 Å². The average Bonchev–Trinajstić information content (AvgIpc) is 3.63. The third-order valence-corrected chi connectivity index (χ3v) is 9.60. The van der Waals surface area contributed by atoms with Crippen molar-refractivity contribution in [2.24, 2.45) is 11.8 Å². The van der Waals surface area contributed by atoms with Gasteiger partial charge in [-0.2, -0.15) is 0 Å². The van der Waals surface area contributed by atoms with Gasteiger partial charge in [0.2, 0.25) is 11.8 Å². The van der Waals surface area contributed by atoms with E-state index in [2.05, 4.69) is 22.5 Å². The predicted octanol–water partition coefficient (Wildman–Crippen LogP) is 4.89. The highest BCUT2D eigenvalue weighted by atomic mass is 16.6. The molecule has 4 N–H and O–H groups in total. The Kier molecular flexibility index (Phi) is 15.4. The predicted molar refractivity (Wildman–Crippen MR) is 194 cm³/mol. The number of aliphatic hydroxyl groups excluding tert-OH is 1. The Morgan fingerprint density at radius 3 is 2.33 bits per heavy atom. The third-order valence-electron chi connectivity index (χ3n) is 9.60. The van der Waals surface area contributed by atoms with Crippen LogP contribution in [0, 0.1) is 11.8 Å². The number of likely N-dealkylation sites (tertiary alicyclic amines) is 1. The number of nitrogens with zero attached hydrogens (tertiary/aromatic N) is 1. The van der Waals surface area contributed by atoms with Gasteiger partial charge in [0.1, 0.15) is 23.7 Å².